The molecule has 0 aromatic rings. The van der Waals surface area contributed by atoms with Gasteiger partial charge < -0.3 is 0 Å². The van der Waals surface area contributed by atoms with Crippen molar-refractivity contribution in [3.8, 4) is 0 Å². The van der Waals surface area contributed by atoms with Gasteiger partial charge in [0, 0.05) is 9.52 Å². The molecule has 1 heteroatoms. The molecule has 0 aromatic carbocycles. The fourth-order valence-corrected chi connectivity index (χ4v) is 2.04. The highest BCUT2D eigenvalue weighted by Crippen LogP contribution is 2.08. The molecule has 1 atom stereocenters. The van der Waals surface area contributed by atoms with Crippen LogP contribution in [0, 0.1) is 5.92 Å². The van der Waals surface area contributed by atoms with Crippen molar-refractivity contribution in [3.05, 3.63) is 12.3 Å². The number of hydrogen-bond donors (Lipinski definition) is 0. The van der Waals surface area contributed by atoms with Crippen LogP contribution in [0.5, 0.6) is 0 Å². The maximum Gasteiger partial charge on any atom is 0.0446 e. The van der Waals surface area contributed by atoms with E-state index in [1.54, 1.807) is 0 Å². The SMILES string of the molecule is C=C[SiH2]CCC(C)CC. The zero-order valence-electron chi connectivity index (χ0n) is 6.69. The molecule has 0 fully saturated rings. The van der Waals surface area contributed by atoms with Crippen molar-refractivity contribution in [2.75, 3.05) is 0 Å². The molecule has 1 unspecified atom stereocenters. The van der Waals surface area contributed by atoms with E-state index in [0.717, 1.165) is 5.92 Å². The summed E-state index contributed by atoms with van der Waals surface area (Å²) in [5.74, 6) is 0.942. The average Bonchev–Trinajstić information content (AvgIpc) is 1.89. The van der Waals surface area contributed by atoms with Crippen molar-refractivity contribution < 1.29 is 0 Å². The summed E-state index contributed by atoms with van der Waals surface area (Å²) in [7, 11) is 0.133. The molecule has 0 amide bonds. The Balaban J connectivity index is 2.96. The lowest BCUT2D eigenvalue weighted by Crippen LogP contribution is -1.93. The van der Waals surface area contributed by atoms with Crippen LogP contribution in [0.15, 0.2) is 12.3 Å². The van der Waals surface area contributed by atoms with E-state index in [4.69, 9.17) is 0 Å². The van der Waals surface area contributed by atoms with E-state index >= 15 is 0 Å². The van der Waals surface area contributed by atoms with E-state index in [1.165, 1.54) is 18.9 Å². The van der Waals surface area contributed by atoms with Crippen molar-refractivity contribution in [1.82, 2.24) is 0 Å². The lowest BCUT2D eigenvalue weighted by Gasteiger charge is -2.04. The monoisotopic (exact) mass is 142 g/mol. The van der Waals surface area contributed by atoms with Gasteiger partial charge in [-0.05, 0) is 5.92 Å². The molecule has 0 heterocycles. The van der Waals surface area contributed by atoms with Crippen LogP contribution in [-0.4, -0.2) is 9.52 Å². The molecule has 9 heavy (non-hydrogen) atoms. The zero-order valence-corrected chi connectivity index (χ0v) is 8.10. The van der Waals surface area contributed by atoms with Crippen LogP contribution in [0.2, 0.25) is 6.04 Å². The van der Waals surface area contributed by atoms with Gasteiger partial charge in [-0.15, -0.1) is 12.3 Å². The quantitative estimate of drug-likeness (QED) is 0.407. The highest BCUT2D eigenvalue weighted by molar-refractivity contribution is 6.41. The van der Waals surface area contributed by atoms with E-state index in [2.05, 4.69) is 26.1 Å². The van der Waals surface area contributed by atoms with Crippen molar-refractivity contribution in [1.29, 1.82) is 0 Å². The minimum absolute atomic E-state index is 0.133. The Labute approximate surface area is 61.2 Å². The second-order valence-corrected chi connectivity index (χ2v) is 4.59. The maximum atomic E-state index is 3.75. The Hall–Kier alpha value is -0.0431. The molecule has 0 N–H and O–H groups in total. The second kappa shape index (κ2) is 6.08. The van der Waals surface area contributed by atoms with Gasteiger partial charge >= 0.3 is 0 Å². The minimum Gasteiger partial charge on any atom is -0.109 e. The van der Waals surface area contributed by atoms with Crippen LogP contribution in [0.25, 0.3) is 0 Å². The summed E-state index contributed by atoms with van der Waals surface area (Å²) in [6.45, 7) is 8.34. The lowest BCUT2D eigenvalue weighted by molar-refractivity contribution is 0.543. The largest absolute Gasteiger partial charge is 0.109 e. The van der Waals surface area contributed by atoms with Gasteiger partial charge in [-0.25, -0.2) is 0 Å². The summed E-state index contributed by atoms with van der Waals surface area (Å²) in [6, 6.07) is 1.46. The normalized spacial score (nSPS) is 14.4. The van der Waals surface area contributed by atoms with E-state index in [1.807, 2.05) is 0 Å². The summed E-state index contributed by atoms with van der Waals surface area (Å²) in [5.41, 5.74) is 2.14. The van der Waals surface area contributed by atoms with Gasteiger partial charge in [0.1, 0.15) is 0 Å². The fourth-order valence-electron chi connectivity index (χ4n) is 0.815. The summed E-state index contributed by atoms with van der Waals surface area (Å²) in [4.78, 5) is 0. The predicted octanol–water partition coefficient (Wildman–Crippen LogP) is 2.15. The molecular weight excluding hydrogens is 124 g/mol. The molecule has 0 saturated heterocycles. The van der Waals surface area contributed by atoms with Gasteiger partial charge in [-0.1, -0.05) is 32.7 Å². The molecule has 0 saturated carbocycles. The van der Waals surface area contributed by atoms with Gasteiger partial charge in [-0.3, -0.25) is 0 Å². The van der Waals surface area contributed by atoms with E-state index in [0.29, 0.717) is 0 Å². The van der Waals surface area contributed by atoms with E-state index < -0.39 is 0 Å². The maximum absolute atomic E-state index is 3.75. The summed E-state index contributed by atoms with van der Waals surface area (Å²) >= 11 is 0. The molecule has 0 nitrogen and oxygen atoms in total. The van der Waals surface area contributed by atoms with Gasteiger partial charge in [0.05, 0.1) is 0 Å². The van der Waals surface area contributed by atoms with Crippen LogP contribution in [0.4, 0.5) is 0 Å². The Kier molecular flexibility index (Phi) is 6.05. The fraction of sp³-hybridized carbons (Fsp3) is 0.750. The first-order chi connectivity index (χ1) is 4.31. The molecule has 0 radical (unpaired) electrons. The van der Waals surface area contributed by atoms with E-state index in [-0.39, 0.29) is 9.52 Å². The second-order valence-electron chi connectivity index (χ2n) is 2.73. The average molecular weight is 142 g/mol. The molecule has 0 aliphatic heterocycles. The van der Waals surface area contributed by atoms with Crippen molar-refractivity contribution in [2.24, 2.45) is 5.92 Å². The third-order valence-corrected chi connectivity index (χ3v) is 3.03. The standard InChI is InChI=1S/C8H18Si/c1-4-8(3)6-7-9-5-2/h5,8H,2,4,6-7,9H2,1,3H3. The first kappa shape index (κ1) is 8.96. The summed E-state index contributed by atoms with van der Waals surface area (Å²) in [5, 5.41) is 0. The number of rotatable bonds is 5. The Morgan fingerprint density at radius 3 is 2.78 bits per heavy atom. The van der Waals surface area contributed by atoms with Gasteiger partial charge in [0.2, 0.25) is 0 Å². The smallest absolute Gasteiger partial charge is 0.0446 e. The lowest BCUT2D eigenvalue weighted by atomic mass is 10.1. The summed E-state index contributed by atoms with van der Waals surface area (Å²) < 4.78 is 0. The van der Waals surface area contributed by atoms with Gasteiger partial charge in [0.25, 0.3) is 0 Å². The first-order valence-electron chi connectivity index (χ1n) is 3.92. The molecule has 0 rings (SSSR count). The van der Waals surface area contributed by atoms with Crippen LogP contribution >= 0.6 is 0 Å². The first-order valence-corrected chi connectivity index (χ1v) is 5.73. The Morgan fingerprint density at radius 2 is 2.33 bits per heavy atom. The van der Waals surface area contributed by atoms with Crippen LogP contribution in [0.3, 0.4) is 0 Å². The minimum atomic E-state index is 0.133. The van der Waals surface area contributed by atoms with Crippen LogP contribution in [0.1, 0.15) is 26.7 Å². The number of hydrogen-bond acceptors (Lipinski definition) is 0. The van der Waals surface area contributed by atoms with Crippen LogP contribution < -0.4 is 0 Å². The molecule has 0 bridgehead atoms. The Morgan fingerprint density at radius 1 is 1.67 bits per heavy atom. The van der Waals surface area contributed by atoms with Crippen molar-refractivity contribution in [2.45, 2.75) is 32.7 Å². The predicted molar refractivity (Wildman–Crippen MR) is 47.6 cm³/mol. The highest BCUT2D eigenvalue weighted by atomic mass is 28.2. The van der Waals surface area contributed by atoms with Crippen molar-refractivity contribution >= 4 is 9.52 Å². The van der Waals surface area contributed by atoms with E-state index in [9.17, 15) is 0 Å². The third kappa shape index (κ3) is 5.83. The third-order valence-electron chi connectivity index (χ3n) is 1.80. The van der Waals surface area contributed by atoms with Crippen LogP contribution in [-0.2, 0) is 0 Å². The molecular formula is C8H18Si. The van der Waals surface area contributed by atoms with Gasteiger partial charge in [0.15, 0.2) is 0 Å². The zero-order chi connectivity index (χ0) is 7.11. The summed E-state index contributed by atoms with van der Waals surface area (Å²) in [6.07, 6.45) is 2.76. The highest BCUT2D eigenvalue weighted by Gasteiger charge is 1.95. The molecule has 54 valence electrons. The van der Waals surface area contributed by atoms with Gasteiger partial charge in [-0.2, -0.15) is 0 Å². The Bertz CT molecular complexity index is 69.0. The molecule has 0 aliphatic carbocycles. The molecule has 0 spiro atoms. The van der Waals surface area contributed by atoms with Crippen molar-refractivity contribution in [3.63, 3.8) is 0 Å². The molecule has 0 aliphatic rings. The topological polar surface area (TPSA) is 0 Å². The molecule has 0 aromatic heterocycles.